The first-order valence-electron chi connectivity index (χ1n) is 8.55. The van der Waals surface area contributed by atoms with E-state index in [1.54, 1.807) is 0 Å². The molecule has 3 heteroatoms. The quantitative estimate of drug-likeness (QED) is 0.898. The zero-order valence-electron chi connectivity index (χ0n) is 14.4. The van der Waals surface area contributed by atoms with Crippen LogP contribution in [0.15, 0.2) is 24.3 Å². The van der Waals surface area contributed by atoms with Crippen LogP contribution >= 0.6 is 0 Å². The smallest absolute Gasteiger partial charge is 0.223 e. The van der Waals surface area contributed by atoms with E-state index in [0.29, 0.717) is 18.3 Å². The number of amides is 1. The second kappa shape index (κ2) is 7.28. The Morgan fingerprint density at radius 1 is 1.18 bits per heavy atom. The van der Waals surface area contributed by atoms with E-state index in [2.05, 4.69) is 52.0 Å². The molecule has 1 aliphatic rings. The van der Waals surface area contributed by atoms with Gasteiger partial charge < -0.3 is 10.6 Å². The molecule has 1 heterocycles. The van der Waals surface area contributed by atoms with Gasteiger partial charge in [0.2, 0.25) is 5.91 Å². The fraction of sp³-hybridized carbons (Fsp3) is 0.632. The van der Waals surface area contributed by atoms with E-state index in [4.69, 9.17) is 5.73 Å². The lowest BCUT2D eigenvalue weighted by Crippen LogP contribution is -2.49. The van der Waals surface area contributed by atoms with Crippen molar-refractivity contribution in [3.63, 3.8) is 0 Å². The highest BCUT2D eigenvalue weighted by Crippen LogP contribution is 2.32. The number of piperidine rings is 1. The maximum absolute atomic E-state index is 12.4. The Hall–Kier alpha value is -1.35. The zero-order chi connectivity index (χ0) is 16.3. The number of nitrogens with two attached hydrogens (primary N) is 1. The van der Waals surface area contributed by atoms with Gasteiger partial charge in [-0.2, -0.15) is 0 Å². The maximum Gasteiger partial charge on any atom is 0.223 e. The van der Waals surface area contributed by atoms with Gasteiger partial charge in [0.15, 0.2) is 0 Å². The van der Waals surface area contributed by atoms with Gasteiger partial charge in [-0.1, -0.05) is 52.0 Å². The van der Waals surface area contributed by atoms with Crippen molar-refractivity contribution in [2.75, 3.05) is 6.54 Å². The van der Waals surface area contributed by atoms with E-state index in [-0.39, 0.29) is 18.0 Å². The molecule has 1 amide bonds. The van der Waals surface area contributed by atoms with Crippen molar-refractivity contribution < 1.29 is 4.79 Å². The first kappa shape index (κ1) is 17.0. The van der Waals surface area contributed by atoms with Crippen molar-refractivity contribution in [2.24, 2.45) is 11.7 Å². The standard InChI is InChI=1S/C19H30N2O/c1-13(2)11-12-21-18(22)10-9-17(20)19(21)16-7-5-15(6-8-16)14(3)4/h5-8,13-14,17,19H,9-12,20H2,1-4H3. The second-order valence-electron chi connectivity index (χ2n) is 7.24. The van der Waals surface area contributed by atoms with Crippen LogP contribution in [0.5, 0.6) is 0 Å². The summed E-state index contributed by atoms with van der Waals surface area (Å²) in [6.45, 7) is 9.59. The highest BCUT2D eigenvalue weighted by Gasteiger charge is 2.34. The highest BCUT2D eigenvalue weighted by molar-refractivity contribution is 5.78. The molecular weight excluding hydrogens is 272 g/mol. The van der Waals surface area contributed by atoms with Crippen LogP contribution in [0.1, 0.15) is 70.0 Å². The summed E-state index contributed by atoms with van der Waals surface area (Å²) in [6, 6.07) is 8.72. The molecule has 2 rings (SSSR count). The lowest BCUT2D eigenvalue weighted by molar-refractivity contribution is -0.137. The summed E-state index contributed by atoms with van der Waals surface area (Å²) in [4.78, 5) is 14.4. The van der Waals surface area contributed by atoms with Gasteiger partial charge in [-0.15, -0.1) is 0 Å². The summed E-state index contributed by atoms with van der Waals surface area (Å²) in [5, 5.41) is 0. The van der Waals surface area contributed by atoms with Crippen LogP contribution in [-0.2, 0) is 4.79 Å². The monoisotopic (exact) mass is 302 g/mol. The number of carbonyl (C=O) groups is 1. The predicted octanol–water partition coefficient (Wildman–Crippen LogP) is 3.85. The van der Waals surface area contributed by atoms with Crippen molar-refractivity contribution in [3.8, 4) is 0 Å². The summed E-state index contributed by atoms with van der Waals surface area (Å²) in [5.41, 5.74) is 8.88. The number of hydrogen-bond acceptors (Lipinski definition) is 2. The van der Waals surface area contributed by atoms with E-state index in [0.717, 1.165) is 19.4 Å². The third-order valence-corrected chi connectivity index (χ3v) is 4.65. The summed E-state index contributed by atoms with van der Waals surface area (Å²) in [5.74, 6) is 1.36. The number of likely N-dealkylation sites (tertiary alicyclic amines) is 1. The largest absolute Gasteiger partial charge is 0.334 e. The molecule has 1 saturated heterocycles. The van der Waals surface area contributed by atoms with Crippen molar-refractivity contribution in [2.45, 2.75) is 65.0 Å². The Morgan fingerprint density at radius 2 is 1.82 bits per heavy atom. The number of nitrogens with zero attached hydrogens (tertiary/aromatic N) is 1. The summed E-state index contributed by atoms with van der Waals surface area (Å²) < 4.78 is 0. The van der Waals surface area contributed by atoms with Crippen molar-refractivity contribution >= 4 is 5.91 Å². The molecule has 1 aliphatic heterocycles. The number of rotatable bonds is 5. The molecule has 1 aromatic carbocycles. The minimum absolute atomic E-state index is 0.0289. The highest BCUT2D eigenvalue weighted by atomic mass is 16.2. The fourth-order valence-electron chi connectivity index (χ4n) is 3.14. The molecule has 2 unspecified atom stereocenters. The molecule has 1 aromatic rings. The second-order valence-corrected chi connectivity index (χ2v) is 7.24. The van der Waals surface area contributed by atoms with Crippen LogP contribution in [0.25, 0.3) is 0 Å². The predicted molar refractivity (Wildman–Crippen MR) is 91.6 cm³/mol. The van der Waals surface area contributed by atoms with Crippen LogP contribution in [-0.4, -0.2) is 23.4 Å². The van der Waals surface area contributed by atoms with Crippen molar-refractivity contribution in [3.05, 3.63) is 35.4 Å². The lowest BCUT2D eigenvalue weighted by atomic mass is 9.89. The van der Waals surface area contributed by atoms with Gasteiger partial charge >= 0.3 is 0 Å². The third-order valence-electron chi connectivity index (χ3n) is 4.65. The Bertz CT molecular complexity index is 493. The molecule has 22 heavy (non-hydrogen) atoms. The molecule has 0 spiro atoms. The van der Waals surface area contributed by atoms with Crippen LogP contribution in [0.4, 0.5) is 0 Å². The zero-order valence-corrected chi connectivity index (χ0v) is 14.4. The van der Waals surface area contributed by atoms with Crippen LogP contribution < -0.4 is 5.73 Å². The minimum Gasteiger partial charge on any atom is -0.334 e. The normalized spacial score (nSPS) is 22.7. The molecule has 1 fully saturated rings. The van der Waals surface area contributed by atoms with Crippen LogP contribution in [0, 0.1) is 5.92 Å². The lowest BCUT2D eigenvalue weighted by Gasteiger charge is -2.40. The Labute approximate surface area is 134 Å². The molecule has 0 radical (unpaired) electrons. The van der Waals surface area contributed by atoms with E-state index >= 15 is 0 Å². The SMILES string of the molecule is CC(C)CCN1C(=O)CCC(N)C1c1ccc(C(C)C)cc1. The Morgan fingerprint density at radius 3 is 2.36 bits per heavy atom. The topological polar surface area (TPSA) is 46.3 Å². The Balaban J connectivity index is 2.23. The molecule has 0 saturated carbocycles. The van der Waals surface area contributed by atoms with Crippen LogP contribution in [0.2, 0.25) is 0 Å². The number of carbonyl (C=O) groups excluding carboxylic acids is 1. The fourth-order valence-corrected chi connectivity index (χ4v) is 3.14. The van der Waals surface area contributed by atoms with E-state index in [9.17, 15) is 4.79 Å². The summed E-state index contributed by atoms with van der Waals surface area (Å²) in [7, 11) is 0. The molecule has 0 aromatic heterocycles. The average molecular weight is 302 g/mol. The van der Waals surface area contributed by atoms with Gasteiger partial charge in [0.05, 0.1) is 6.04 Å². The summed E-state index contributed by atoms with van der Waals surface area (Å²) >= 11 is 0. The number of hydrogen-bond donors (Lipinski definition) is 1. The van der Waals surface area contributed by atoms with Crippen molar-refractivity contribution in [1.29, 1.82) is 0 Å². The van der Waals surface area contributed by atoms with Crippen LogP contribution in [0.3, 0.4) is 0 Å². The van der Waals surface area contributed by atoms with Gasteiger partial charge in [0.1, 0.15) is 0 Å². The van der Waals surface area contributed by atoms with E-state index < -0.39 is 0 Å². The minimum atomic E-state index is 0.0289. The molecular formula is C19H30N2O. The van der Waals surface area contributed by atoms with E-state index in [1.807, 2.05) is 4.90 Å². The average Bonchev–Trinajstić information content (AvgIpc) is 2.48. The first-order chi connectivity index (χ1) is 10.4. The molecule has 122 valence electrons. The molecule has 2 atom stereocenters. The molecule has 0 aliphatic carbocycles. The van der Waals surface area contributed by atoms with Gasteiger partial charge in [-0.3, -0.25) is 4.79 Å². The van der Waals surface area contributed by atoms with Gasteiger partial charge in [-0.25, -0.2) is 0 Å². The van der Waals surface area contributed by atoms with Gasteiger partial charge in [-0.05, 0) is 35.8 Å². The summed E-state index contributed by atoms with van der Waals surface area (Å²) in [6.07, 6.45) is 2.40. The Kier molecular flexibility index (Phi) is 5.63. The molecule has 2 N–H and O–H groups in total. The van der Waals surface area contributed by atoms with Crippen molar-refractivity contribution in [1.82, 2.24) is 4.90 Å². The van der Waals surface area contributed by atoms with E-state index in [1.165, 1.54) is 11.1 Å². The van der Waals surface area contributed by atoms with Gasteiger partial charge in [0.25, 0.3) is 0 Å². The van der Waals surface area contributed by atoms with Gasteiger partial charge in [0, 0.05) is 19.0 Å². The molecule has 0 bridgehead atoms. The number of benzene rings is 1. The first-order valence-corrected chi connectivity index (χ1v) is 8.55. The molecule has 3 nitrogen and oxygen atoms in total. The third kappa shape index (κ3) is 3.89. The maximum atomic E-state index is 12.4.